The van der Waals surface area contributed by atoms with Gasteiger partial charge in [-0.15, -0.1) is 6.42 Å². The molecule has 0 aliphatic carbocycles. The van der Waals surface area contributed by atoms with E-state index in [1.807, 2.05) is 41.2 Å². The highest BCUT2D eigenvalue weighted by Gasteiger charge is 2.26. The van der Waals surface area contributed by atoms with E-state index in [2.05, 4.69) is 65.3 Å². The lowest BCUT2D eigenvalue weighted by Gasteiger charge is -2.26. The molecular formula is C25H33IO2. The molecule has 0 N–H and O–H groups in total. The van der Waals surface area contributed by atoms with Crippen molar-refractivity contribution in [3.63, 3.8) is 0 Å². The van der Waals surface area contributed by atoms with Gasteiger partial charge in [-0.2, -0.15) is 0 Å². The van der Waals surface area contributed by atoms with E-state index in [0.717, 1.165) is 28.9 Å². The van der Waals surface area contributed by atoms with Crippen LogP contribution in [-0.4, -0.2) is 7.11 Å². The summed E-state index contributed by atoms with van der Waals surface area (Å²) in [5.74, 6) is 4.11. The molecule has 0 saturated carbocycles. The van der Waals surface area contributed by atoms with E-state index in [0.29, 0.717) is 17.9 Å². The molecule has 0 spiro atoms. The zero-order chi connectivity index (χ0) is 21.3. The standard InChI is InChI=1S/C25H33IO2/c1-9-21(19(4)17-23(27-8)20-13-11-10-12-14-20)24(28-26)22(25(5,6)7)16-15-18(2)3/h1,10-14,16,18,23H,4,15,17H2,2-3,5-8H3/b22-16+,24-21-. The summed E-state index contributed by atoms with van der Waals surface area (Å²) in [5.41, 5.74) is 3.66. The molecule has 0 fully saturated rings. The third-order valence-electron chi connectivity index (χ3n) is 4.54. The SMILES string of the molecule is C#C/C(C(=C)CC(OC)c1ccccc1)=C(OI)\C(=C/CC(C)C)C(C)(C)C. The summed E-state index contributed by atoms with van der Waals surface area (Å²) >= 11 is 1.92. The van der Waals surface area contributed by atoms with E-state index in [1.54, 1.807) is 7.11 Å². The van der Waals surface area contributed by atoms with Crippen LogP contribution >= 0.6 is 23.0 Å². The molecule has 0 amide bonds. The quantitative estimate of drug-likeness (QED) is 0.153. The highest BCUT2D eigenvalue weighted by atomic mass is 127. The van der Waals surface area contributed by atoms with E-state index in [9.17, 15) is 0 Å². The highest BCUT2D eigenvalue weighted by molar-refractivity contribution is 14.1. The van der Waals surface area contributed by atoms with Crippen molar-refractivity contribution in [3.05, 3.63) is 71.0 Å². The summed E-state index contributed by atoms with van der Waals surface area (Å²) < 4.78 is 11.5. The Balaban J connectivity index is 3.33. The molecule has 1 aromatic rings. The van der Waals surface area contributed by atoms with E-state index < -0.39 is 0 Å². The first-order valence-corrected chi connectivity index (χ1v) is 10.5. The van der Waals surface area contributed by atoms with Gasteiger partial charge in [0.15, 0.2) is 28.8 Å². The van der Waals surface area contributed by atoms with Crippen LogP contribution in [0.15, 0.2) is 65.5 Å². The van der Waals surface area contributed by atoms with Crippen molar-refractivity contribution in [3.8, 4) is 12.3 Å². The van der Waals surface area contributed by atoms with Crippen LogP contribution < -0.4 is 0 Å². The fourth-order valence-corrected chi connectivity index (χ4v) is 3.42. The molecule has 0 aliphatic rings. The van der Waals surface area contributed by atoms with E-state index >= 15 is 0 Å². The molecule has 2 nitrogen and oxygen atoms in total. The predicted molar refractivity (Wildman–Crippen MR) is 128 cm³/mol. The Hall–Kier alpha value is -1.51. The second-order valence-electron chi connectivity index (χ2n) is 8.37. The van der Waals surface area contributed by atoms with Crippen LogP contribution in [0.5, 0.6) is 0 Å². The van der Waals surface area contributed by atoms with Gasteiger partial charge in [0.2, 0.25) is 0 Å². The number of ether oxygens (including phenoxy) is 1. The van der Waals surface area contributed by atoms with Gasteiger partial charge in [-0.1, -0.05) is 83.5 Å². The Morgan fingerprint density at radius 2 is 1.86 bits per heavy atom. The third-order valence-corrected chi connectivity index (χ3v) is 4.98. The first-order valence-electron chi connectivity index (χ1n) is 9.62. The summed E-state index contributed by atoms with van der Waals surface area (Å²) in [6, 6.07) is 10.1. The molecule has 1 unspecified atom stereocenters. The summed E-state index contributed by atoms with van der Waals surface area (Å²) in [5, 5.41) is 0. The zero-order valence-electron chi connectivity index (χ0n) is 18.0. The smallest absolute Gasteiger partial charge is 0.192 e. The van der Waals surface area contributed by atoms with E-state index in [-0.39, 0.29) is 11.5 Å². The Morgan fingerprint density at radius 1 is 1.25 bits per heavy atom. The number of methoxy groups -OCH3 is 1. The topological polar surface area (TPSA) is 18.5 Å². The van der Waals surface area contributed by atoms with Gasteiger partial charge in [-0.25, -0.2) is 0 Å². The predicted octanol–water partition coefficient (Wildman–Crippen LogP) is 7.59. The third kappa shape index (κ3) is 7.14. The molecule has 1 rings (SSSR count). The summed E-state index contributed by atoms with van der Waals surface area (Å²) in [6.45, 7) is 15.2. The summed E-state index contributed by atoms with van der Waals surface area (Å²) in [7, 11) is 1.71. The van der Waals surface area contributed by atoms with Crippen LogP contribution in [0.25, 0.3) is 0 Å². The maximum absolute atomic E-state index is 5.92. The van der Waals surface area contributed by atoms with E-state index in [4.69, 9.17) is 14.2 Å². The van der Waals surface area contributed by atoms with Gasteiger partial charge in [0.1, 0.15) is 0 Å². The summed E-state index contributed by atoms with van der Waals surface area (Å²) in [4.78, 5) is 0. The van der Waals surface area contributed by atoms with Crippen molar-refractivity contribution in [1.82, 2.24) is 0 Å². The minimum absolute atomic E-state index is 0.0993. The first kappa shape index (κ1) is 24.5. The van der Waals surface area contributed by atoms with Gasteiger partial charge in [-0.05, 0) is 34.5 Å². The summed E-state index contributed by atoms with van der Waals surface area (Å²) in [6.07, 6.45) is 9.63. The number of rotatable bonds is 9. The second-order valence-corrected chi connectivity index (χ2v) is 8.81. The molecule has 0 aliphatic heterocycles. The maximum atomic E-state index is 5.92. The molecule has 1 atom stereocenters. The minimum Gasteiger partial charge on any atom is -0.426 e. The van der Waals surface area contributed by atoms with Crippen LogP contribution in [-0.2, 0) is 7.80 Å². The number of benzene rings is 1. The van der Waals surface area contributed by atoms with Crippen molar-refractivity contribution < 1.29 is 7.80 Å². The van der Waals surface area contributed by atoms with Crippen LogP contribution in [0.1, 0.15) is 59.1 Å². The van der Waals surface area contributed by atoms with Crippen LogP contribution in [0.4, 0.5) is 0 Å². The van der Waals surface area contributed by atoms with Crippen LogP contribution in [0.3, 0.4) is 0 Å². The van der Waals surface area contributed by atoms with Gasteiger partial charge in [0.05, 0.1) is 11.7 Å². The number of allylic oxidation sites excluding steroid dienone is 3. The molecule has 0 saturated heterocycles. The van der Waals surface area contributed by atoms with E-state index in [1.165, 1.54) is 0 Å². The van der Waals surface area contributed by atoms with Crippen molar-refractivity contribution in [1.29, 1.82) is 0 Å². The molecule has 0 radical (unpaired) electrons. The first-order chi connectivity index (χ1) is 13.1. The van der Waals surface area contributed by atoms with Crippen molar-refractivity contribution in [2.75, 3.05) is 7.11 Å². The van der Waals surface area contributed by atoms with Gasteiger partial charge in [0.25, 0.3) is 0 Å². The second kappa shape index (κ2) is 11.5. The molecule has 0 heterocycles. The van der Waals surface area contributed by atoms with Crippen molar-refractivity contribution in [2.45, 2.75) is 53.6 Å². The van der Waals surface area contributed by atoms with Crippen molar-refractivity contribution in [2.24, 2.45) is 11.3 Å². The Bertz CT molecular complexity index is 743. The minimum atomic E-state index is -0.106. The monoisotopic (exact) mass is 492 g/mol. The normalized spacial score (nSPS) is 14.3. The fraction of sp³-hybridized carbons (Fsp3) is 0.440. The lowest BCUT2D eigenvalue weighted by Crippen LogP contribution is -2.15. The molecule has 0 aromatic heterocycles. The van der Waals surface area contributed by atoms with Gasteiger partial charge in [0, 0.05) is 13.5 Å². The van der Waals surface area contributed by atoms with Crippen LogP contribution in [0.2, 0.25) is 0 Å². The highest BCUT2D eigenvalue weighted by Crippen LogP contribution is 2.38. The lowest BCUT2D eigenvalue weighted by molar-refractivity contribution is 0.104. The van der Waals surface area contributed by atoms with Crippen LogP contribution in [0, 0.1) is 23.7 Å². The van der Waals surface area contributed by atoms with Gasteiger partial charge < -0.3 is 7.80 Å². The fourth-order valence-electron chi connectivity index (χ4n) is 2.97. The molecule has 152 valence electrons. The average Bonchev–Trinajstić information content (AvgIpc) is 2.64. The number of halogens is 1. The molecular weight excluding hydrogens is 459 g/mol. The van der Waals surface area contributed by atoms with Gasteiger partial charge >= 0.3 is 0 Å². The molecule has 0 bridgehead atoms. The Kier molecular flexibility index (Phi) is 10.1. The van der Waals surface area contributed by atoms with Crippen molar-refractivity contribution >= 4 is 23.0 Å². The molecule has 3 heteroatoms. The number of terminal acetylenes is 1. The number of hydrogen-bond acceptors (Lipinski definition) is 2. The maximum Gasteiger partial charge on any atom is 0.192 e. The van der Waals surface area contributed by atoms with Gasteiger partial charge in [-0.3, -0.25) is 0 Å². The largest absolute Gasteiger partial charge is 0.426 e. The average molecular weight is 492 g/mol. The molecule has 28 heavy (non-hydrogen) atoms. The molecule has 1 aromatic carbocycles. The Labute approximate surface area is 185 Å². The number of hydrogen-bond donors (Lipinski definition) is 0. The Morgan fingerprint density at radius 3 is 2.29 bits per heavy atom. The lowest BCUT2D eigenvalue weighted by atomic mass is 9.81. The zero-order valence-corrected chi connectivity index (χ0v) is 20.2.